The Hall–Kier alpha value is -3.80. The molecule has 26 heavy (non-hydrogen) atoms. The number of H-pyrrole nitrogens is 1. The second-order valence-corrected chi connectivity index (χ2v) is 5.98. The first-order valence-corrected chi connectivity index (χ1v) is 8.17. The Bertz CT molecular complexity index is 1290. The van der Waals surface area contributed by atoms with Crippen LogP contribution in [0.2, 0.25) is 0 Å². The van der Waals surface area contributed by atoms with E-state index in [4.69, 9.17) is 0 Å². The largest absolute Gasteiger partial charge is 0.306 e. The summed E-state index contributed by atoms with van der Waals surface area (Å²) in [5.74, 6) is 0. The molecule has 4 heterocycles. The molecule has 0 spiro atoms. The minimum Gasteiger partial charge on any atom is -0.306 e. The Labute approximate surface area is 147 Å². The van der Waals surface area contributed by atoms with Gasteiger partial charge in [-0.3, -0.25) is 9.78 Å². The van der Waals surface area contributed by atoms with Gasteiger partial charge in [-0.05, 0) is 23.8 Å². The molecule has 0 fully saturated rings. The van der Waals surface area contributed by atoms with Gasteiger partial charge in [0, 0.05) is 41.2 Å². The summed E-state index contributed by atoms with van der Waals surface area (Å²) in [7, 11) is 0. The van der Waals surface area contributed by atoms with Crippen LogP contribution in [0.3, 0.4) is 0 Å². The van der Waals surface area contributed by atoms with E-state index in [1.54, 1.807) is 23.1 Å². The molecule has 0 radical (unpaired) electrons. The molecule has 0 unspecified atom stereocenters. The number of aromatic nitrogens is 5. The third-order valence-electron chi connectivity index (χ3n) is 4.35. The zero-order chi connectivity index (χ0) is 17.5. The predicted octanol–water partition coefficient (Wildman–Crippen LogP) is 3.30. The number of hydrogen-bond acceptors (Lipinski definition) is 4. The van der Waals surface area contributed by atoms with E-state index < -0.39 is 0 Å². The first kappa shape index (κ1) is 14.5. The standard InChI is InChI=1S/C20H13N5O/c26-20-16(13-4-2-1-3-5-13)10-15-12-22-18-11-17(14-6-8-21-9-7-14)24-25(18)19(15)23-20/h1-12H,(H,23,26). The van der Waals surface area contributed by atoms with Gasteiger partial charge in [0.1, 0.15) is 5.65 Å². The maximum absolute atomic E-state index is 12.6. The van der Waals surface area contributed by atoms with Gasteiger partial charge in [0.05, 0.1) is 5.69 Å². The van der Waals surface area contributed by atoms with Crippen LogP contribution in [0.5, 0.6) is 0 Å². The van der Waals surface area contributed by atoms with Crippen molar-refractivity contribution >= 4 is 16.7 Å². The number of nitrogens with zero attached hydrogens (tertiary/aromatic N) is 4. The highest BCUT2D eigenvalue weighted by Gasteiger charge is 2.11. The number of pyridine rings is 2. The summed E-state index contributed by atoms with van der Waals surface area (Å²) in [5, 5.41) is 5.43. The summed E-state index contributed by atoms with van der Waals surface area (Å²) in [6, 6.07) is 17.1. The molecular formula is C20H13N5O. The molecule has 0 bridgehead atoms. The molecule has 1 aromatic carbocycles. The molecule has 0 aliphatic carbocycles. The van der Waals surface area contributed by atoms with E-state index in [0.29, 0.717) is 16.9 Å². The Balaban J connectivity index is 1.75. The number of hydrogen-bond donors (Lipinski definition) is 1. The molecule has 0 aliphatic heterocycles. The summed E-state index contributed by atoms with van der Waals surface area (Å²) in [6.07, 6.45) is 5.20. The van der Waals surface area contributed by atoms with Gasteiger partial charge in [-0.25, -0.2) is 4.98 Å². The van der Waals surface area contributed by atoms with Crippen molar-refractivity contribution in [3.05, 3.63) is 83.5 Å². The number of aromatic amines is 1. The lowest BCUT2D eigenvalue weighted by atomic mass is 10.1. The van der Waals surface area contributed by atoms with E-state index in [0.717, 1.165) is 22.2 Å². The Morgan fingerprint density at radius 2 is 1.73 bits per heavy atom. The molecule has 0 saturated carbocycles. The summed E-state index contributed by atoms with van der Waals surface area (Å²) in [6.45, 7) is 0. The second kappa shape index (κ2) is 5.63. The molecular weight excluding hydrogens is 326 g/mol. The van der Waals surface area contributed by atoms with E-state index >= 15 is 0 Å². The summed E-state index contributed by atoms with van der Waals surface area (Å²) < 4.78 is 1.67. The Morgan fingerprint density at radius 1 is 0.923 bits per heavy atom. The first-order chi connectivity index (χ1) is 12.8. The Morgan fingerprint density at radius 3 is 2.54 bits per heavy atom. The maximum Gasteiger partial charge on any atom is 0.257 e. The van der Waals surface area contributed by atoms with Crippen molar-refractivity contribution in [2.45, 2.75) is 0 Å². The van der Waals surface area contributed by atoms with Gasteiger partial charge in [0.25, 0.3) is 5.56 Å². The zero-order valence-corrected chi connectivity index (χ0v) is 13.6. The lowest BCUT2D eigenvalue weighted by Crippen LogP contribution is -2.11. The van der Waals surface area contributed by atoms with Crippen LogP contribution in [0.1, 0.15) is 0 Å². The van der Waals surface area contributed by atoms with E-state index in [2.05, 4.69) is 20.1 Å². The highest BCUT2D eigenvalue weighted by atomic mass is 16.1. The third-order valence-corrected chi connectivity index (χ3v) is 4.35. The van der Waals surface area contributed by atoms with E-state index in [-0.39, 0.29) is 5.56 Å². The minimum absolute atomic E-state index is 0.155. The van der Waals surface area contributed by atoms with E-state index in [9.17, 15) is 4.79 Å². The maximum atomic E-state index is 12.6. The number of nitrogens with one attached hydrogen (secondary N) is 1. The summed E-state index contributed by atoms with van der Waals surface area (Å²) >= 11 is 0. The van der Waals surface area contributed by atoms with Crippen molar-refractivity contribution in [3.63, 3.8) is 0 Å². The monoisotopic (exact) mass is 339 g/mol. The van der Waals surface area contributed by atoms with Gasteiger partial charge in [-0.2, -0.15) is 9.61 Å². The van der Waals surface area contributed by atoms with Crippen LogP contribution >= 0.6 is 0 Å². The lowest BCUT2D eigenvalue weighted by Gasteiger charge is -2.04. The lowest BCUT2D eigenvalue weighted by molar-refractivity contribution is 0.962. The van der Waals surface area contributed by atoms with Crippen LogP contribution in [0.4, 0.5) is 0 Å². The van der Waals surface area contributed by atoms with Crippen LogP contribution in [0, 0.1) is 0 Å². The van der Waals surface area contributed by atoms with Crippen molar-refractivity contribution in [1.82, 2.24) is 24.6 Å². The van der Waals surface area contributed by atoms with Gasteiger partial charge < -0.3 is 4.98 Å². The average Bonchev–Trinajstić information content (AvgIpc) is 3.14. The molecule has 0 saturated heterocycles. The van der Waals surface area contributed by atoms with Crippen LogP contribution in [0.25, 0.3) is 39.1 Å². The minimum atomic E-state index is -0.155. The number of fused-ring (bicyclic) bond motifs is 3. The van der Waals surface area contributed by atoms with Crippen molar-refractivity contribution in [2.24, 2.45) is 0 Å². The molecule has 6 heteroatoms. The Kier molecular flexibility index (Phi) is 3.15. The topological polar surface area (TPSA) is 75.9 Å². The van der Waals surface area contributed by atoms with Gasteiger partial charge in [0.15, 0.2) is 5.65 Å². The van der Waals surface area contributed by atoms with Gasteiger partial charge in [-0.1, -0.05) is 30.3 Å². The van der Waals surface area contributed by atoms with Gasteiger partial charge >= 0.3 is 0 Å². The van der Waals surface area contributed by atoms with Crippen molar-refractivity contribution in [1.29, 1.82) is 0 Å². The van der Waals surface area contributed by atoms with Crippen LogP contribution in [0.15, 0.2) is 78.0 Å². The third kappa shape index (κ3) is 2.28. The zero-order valence-electron chi connectivity index (χ0n) is 13.6. The predicted molar refractivity (Wildman–Crippen MR) is 99.8 cm³/mol. The van der Waals surface area contributed by atoms with Crippen molar-refractivity contribution in [2.75, 3.05) is 0 Å². The van der Waals surface area contributed by atoms with Crippen LogP contribution in [-0.4, -0.2) is 24.6 Å². The number of rotatable bonds is 2. The van der Waals surface area contributed by atoms with E-state index in [1.165, 1.54) is 0 Å². The SMILES string of the molecule is O=c1[nH]c2c(cnc3cc(-c4ccncc4)nn32)cc1-c1ccccc1. The average molecular weight is 339 g/mol. The van der Waals surface area contributed by atoms with Crippen LogP contribution in [-0.2, 0) is 0 Å². The first-order valence-electron chi connectivity index (χ1n) is 8.17. The molecule has 1 N–H and O–H groups in total. The highest BCUT2D eigenvalue weighted by molar-refractivity contribution is 5.82. The number of benzene rings is 1. The van der Waals surface area contributed by atoms with Crippen molar-refractivity contribution < 1.29 is 0 Å². The molecule has 0 aliphatic rings. The highest BCUT2D eigenvalue weighted by Crippen LogP contribution is 2.22. The fraction of sp³-hybridized carbons (Fsp3) is 0. The molecule has 124 valence electrons. The molecule has 6 nitrogen and oxygen atoms in total. The molecule has 5 aromatic rings. The quantitative estimate of drug-likeness (QED) is 0.535. The molecule has 5 rings (SSSR count). The normalized spacial score (nSPS) is 11.2. The van der Waals surface area contributed by atoms with Gasteiger partial charge in [-0.15, -0.1) is 0 Å². The summed E-state index contributed by atoms with van der Waals surface area (Å²) in [5.41, 5.74) is 4.35. The molecule has 0 atom stereocenters. The summed E-state index contributed by atoms with van der Waals surface area (Å²) in [4.78, 5) is 24.1. The molecule has 4 aromatic heterocycles. The smallest absolute Gasteiger partial charge is 0.257 e. The fourth-order valence-corrected chi connectivity index (χ4v) is 3.07. The second-order valence-electron chi connectivity index (χ2n) is 5.98. The van der Waals surface area contributed by atoms with Crippen molar-refractivity contribution in [3.8, 4) is 22.4 Å². The van der Waals surface area contributed by atoms with Crippen LogP contribution < -0.4 is 5.56 Å². The van der Waals surface area contributed by atoms with E-state index in [1.807, 2.05) is 54.6 Å². The fourth-order valence-electron chi connectivity index (χ4n) is 3.07. The van der Waals surface area contributed by atoms with Gasteiger partial charge in [0.2, 0.25) is 0 Å². The molecule has 0 amide bonds.